The molecule has 33 heavy (non-hydrogen) atoms. The highest BCUT2D eigenvalue weighted by molar-refractivity contribution is 6.30. The average molecular weight is 473 g/mol. The molecule has 0 spiro atoms. The van der Waals surface area contributed by atoms with Crippen molar-refractivity contribution in [3.05, 3.63) is 69.2 Å². The van der Waals surface area contributed by atoms with Gasteiger partial charge in [-0.2, -0.15) is 0 Å². The maximum absolute atomic E-state index is 12.8. The lowest BCUT2D eigenvalue weighted by Gasteiger charge is -2.36. The summed E-state index contributed by atoms with van der Waals surface area (Å²) in [5.41, 5.74) is 1.24. The minimum absolute atomic E-state index is 0.0634. The molecule has 1 fully saturated rings. The number of piperazine rings is 1. The normalized spacial score (nSPS) is 14.8. The fourth-order valence-corrected chi connectivity index (χ4v) is 3.73. The van der Waals surface area contributed by atoms with E-state index in [1.807, 2.05) is 17.0 Å². The highest BCUT2D eigenvalue weighted by atomic mass is 35.5. The van der Waals surface area contributed by atoms with Crippen LogP contribution in [0.4, 0.5) is 11.4 Å². The molecule has 0 radical (unpaired) electrons. The Morgan fingerprint density at radius 3 is 2.42 bits per heavy atom. The van der Waals surface area contributed by atoms with Gasteiger partial charge in [0, 0.05) is 43.3 Å². The van der Waals surface area contributed by atoms with Crippen LogP contribution < -0.4 is 15.0 Å². The van der Waals surface area contributed by atoms with Gasteiger partial charge < -0.3 is 19.9 Å². The lowest BCUT2D eigenvalue weighted by molar-refractivity contribution is -0.384. The highest BCUT2D eigenvalue weighted by Gasteiger charge is 2.28. The van der Waals surface area contributed by atoms with Crippen molar-refractivity contribution in [2.24, 2.45) is 0 Å². The number of hydrogen-bond donors (Lipinski definition) is 1. The van der Waals surface area contributed by atoms with E-state index in [0.29, 0.717) is 36.9 Å². The Balaban J connectivity index is 1.53. The molecule has 0 saturated carbocycles. The fraction of sp³-hybridized carbons (Fsp3) is 0.304. The van der Waals surface area contributed by atoms with E-state index in [1.54, 1.807) is 49.3 Å². The van der Waals surface area contributed by atoms with Crippen molar-refractivity contribution in [1.82, 2.24) is 10.2 Å². The van der Waals surface area contributed by atoms with Gasteiger partial charge in [0.25, 0.3) is 5.69 Å². The number of amides is 2. The molecule has 2 aromatic rings. The number of anilines is 1. The Morgan fingerprint density at radius 2 is 1.82 bits per heavy atom. The van der Waals surface area contributed by atoms with Crippen LogP contribution in [0.3, 0.4) is 0 Å². The molecule has 2 aromatic carbocycles. The van der Waals surface area contributed by atoms with Crippen molar-refractivity contribution in [1.29, 1.82) is 0 Å². The van der Waals surface area contributed by atoms with Crippen LogP contribution in [0.25, 0.3) is 6.08 Å². The monoisotopic (exact) mass is 472 g/mol. The Hall–Kier alpha value is -3.59. The number of hydrogen-bond acceptors (Lipinski definition) is 6. The number of carbonyl (C=O) groups excluding carboxylic acids is 2. The second kappa shape index (κ2) is 10.8. The van der Waals surface area contributed by atoms with Gasteiger partial charge in [0.15, 0.2) is 0 Å². The largest absolute Gasteiger partial charge is 0.497 e. The number of nitrogens with zero attached hydrogens (tertiary/aromatic N) is 3. The maximum Gasteiger partial charge on any atom is 0.294 e. The van der Waals surface area contributed by atoms with E-state index in [2.05, 4.69) is 5.32 Å². The van der Waals surface area contributed by atoms with E-state index in [1.165, 1.54) is 12.1 Å². The topological polar surface area (TPSA) is 105 Å². The third kappa shape index (κ3) is 6.23. The molecule has 3 rings (SSSR count). The quantitative estimate of drug-likeness (QED) is 0.377. The van der Waals surface area contributed by atoms with Crippen LogP contribution in [0.15, 0.2) is 48.5 Å². The van der Waals surface area contributed by atoms with Crippen LogP contribution >= 0.6 is 11.6 Å². The number of ether oxygens (including phenoxy) is 1. The molecule has 0 aromatic heterocycles. The molecule has 1 atom stereocenters. The van der Waals surface area contributed by atoms with Gasteiger partial charge >= 0.3 is 0 Å². The van der Waals surface area contributed by atoms with Gasteiger partial charge in [0.05, 0.1) is 12.0 Å². The Bertz CT molecular complexity index is 1050. The first kappa shape index (κ1) is 24.1. The molecule has 0 aliphatic carbocycles. The second-order valence-electron chi connectivity index (χ2n) is 7.54. The molecule has 9 nitrogen and oxygen atoms in total. The van der Waals surface area contributed by atoms with E-state index in [9.17, 15) is 19.7 Å². The van der Waals surface area contributed by atoms with E-state index < -0.39 is 11.0 Å². The van der Waals surface area contributed by atoms with Gasteiger partial charge in [-0.25, -0.2) is 0 Å². The predicted octanol–water partition coefficient (Wildman–Crippen LogP) is 3.12. The molecule has 2 amide bonds. The summed E-state index contributed by atoms with van der Waals surface area (Å²) in [6.45, 7) is 3.29. The Morgan fingerprint density at radius 1 is 1.15 bits per heavy atom. The van der Waals surface area contributed by atoms with Crippen LogP contribution in [-0.4, -0.2) is 61.0 Å². The second-order valence-corrected chi connectivity index (χ2v) is 7.98. The van der Waals surface area contributed by atoms with Crippen molar-refractivity contribution < 1.29 is 19.2 Å². The molecule has 0 bridgehead atoms. The first-order valence-electron chi connectivity index (χ1n) is 10.4. The van der Waals surface area contributed by atoms with Crippen LogP contribution in [0.1, 0.15) is 12.5 Å². The van der Waals surface area contributed by atoms with E-state index in [-0.39, 0.29) is 17.5 Å². The molecule has 10 heteroatoms. The number of benzene rings is 2. The number of nitro groups is 1. The van der Waals surface area contributed by atoms with Crippen LogP contribution in [-0.2, 0) is 9.59 Å². The standard InChI is InChI=1S/C23H25ClN4O5/c1-16(25-22(29)10-5-17-3-7-19(33-2)8-4-17)23(30)27-13-11-26(12-14-27)20-9-6-18(24)15-21(20)28(31)32/h3-10,15-16H,11-14H2,1-2H3,(H,25,29)/b10-5+. The molecular weight excluding hydrogens is 448 g/mol. The molecule has 1 aliphatic rings. The summed E-state index contributed by atoms with van der Waals surface area (Å²) < 4.78 is 5.10. The van der Waals surface area contributed by atoms with Gasteiger partial charge in [-0.3, -0.25) is 19.7 Å². The van der Waals surface area contributed by atoms with Crippen LogP contribution in [0, 0.1) is 10.1 Å². The molecule has 1 aliphatic heterocycles. The zero-order valence-corrected chi connectivity index (χ0v) is 19.1. The average Bonchev–Trinajstić information content (AvgIpc) is 2.82. The minimum atomic E-state index is -0.700. The first-order valence-corrected chi connectivity index (χ1v) is 10.8. The predicted molar refractivity (Wildman–Crippen MR) is 127 cm³/mol. The number of carbonyl (C=O) groups is 2. The number of nitro benzene ring substituents is 1. The lowest BCUT2D eigenvalue weighted by atomic mass is 10.2. The van der Waals surface area contributed by atoms with Crippen molar-refractivity contribution in [2.45, 2.75) is 13.0 Å². The van der Waals surface area contributed by atoms with Crippen molar-refractivity contribution in [3.8, 4) is 5.75 Å². The summed E-state index contributed by atoms with van der Waals surface area (Å²) >= 11 is 5.89. The highest BCUT2D eigenvalue weighted by Crippen LogP contribution is 2.31. The third-order valence-electron chi connectivity index (χ3n) is 5.34. The van der Waals surface area contributed by atoms with Crippen molar-refractivity contribution >= 4 is 40.9 Å². The smallest absolute Gasteiger partial charge is 0.294 e. The summed E-state index contributed by atoms with van der Waals surface area (Å²) in [4.78, 5) is 39.4. The molecule has 174 valence electrons. The van der Waals surface area contributed by atoms with Gasteiger partial charge in [0.2, 0.25) is 11.8 Å². The van der Waals surface area contributed by atoms with Crippen LogP contribution in [0.2, 0.25) is 5.02 Å². The van der Waals surface area contributed by atoms with E-state index >= 15 is 0 Å². The zero-order valence-electron chi connectivity index (χ0n) is 18.4. The summed E-state index contributed by atoms with van der Waals surface area (Å²) in [6.07, 6.45) is 3.03. The zero-order chi connectivity index (χ0) is 24.0. The molecule has 1 saturated heterocycles. The third-order valence-corrected chi connectivity index (χ3v) is 5.57. The van der Waals surface area contributed by atoms with Crippen molar-refractivity contribution in [3.63, 3.8) is 0 Å². The van der Waals surface area contributed by atoms with Gasteiger partial charge in [-0.1, -0.05) is 23.7 Å². The molecule has 1 N–H and O–H groups in total. The maximum atomic E-state index is 12.8. The molecular formula is C23H25ClN4O5. The molecule has 1 heterocycles. The number of nitrogens with one attached hydrogen (secondary N) is 1. The molecule has 1 unspecified atom stereocenters. The minimum Gasteiger partial charge on any atom is -0.497 e. The summed E-state index contributed by atoms with van der Waals surface area (Å²) in [7, 11) is 1.58. The number of halogens is 1. The Kier molecular flexibility index (Phi) is 7.89. The van der Waals surface area contributed by atoms with E-state index in [0.717, 1.165) is 11.3 Å². The van der Waals surface area contributed by atoms with Crippen LogP contribution in [0.5, 0.6) is 5.75 Å². The van der Waals surface area contributed by atoms with Gasteiger partial charge in [-0.15, -0.1) is 0 Å². The van der Waals surface area contributed by atoms with Gasteiger partial charge in [-0.05, 0) is 42.8 Å². The SMILES string of the molecule is COc1ccc(/C=C/C(=O)NC(C)C(=O)N2CCN(c3ccc(Cl)cc3[N+](=O)[O-])CC2)cc1. The summed E-state index contributed by atoms with van der Waals surface area (Å²) in [5, 5.41) is 14.3. The summed E-state index contributed by atoms with van der Waals surface area (Å²) in [6, 6.07) is 11.1. The Labute approximate surface area is 196 Å². The first-order chi connectivity index (χ1) is 15.8. The number of rotatable bonds is 7. The van der Waals surface area contributed by atoms with E-state index in [4.69, 9.17) is 16.3 Å². The summed E-state index contributed by atoms with van der Waals surface area (Å²) in [5.74, 6) is 0.148. The van der Waals surface area contributed by atoms with Crippen molar-refractivity contribution in [2.75, 3.05) is 38.2 Å². The number of methoxy groups -OCH3 is 1. The van der Waals surface area contributed by atoms with Gasteiger partial charge in [0.1, 0.15) is 17.5 Å². The fourth-order valence-electron chi connectivity index (χ4n) is 3.56. The lowest BCUT2D eigenvalue weighted by Crippen LogP contribution is -2.54.